The summed E-state index contributed by atoms with van der Waals surface area (Å²) in [5, 5.41) is 3.05. The van der Waals surface area contributed by atoms with Crippen molar-refractivity contribution in [2.45, 2.75) is 25.8 Å². The van der Waals surface area contributed by atoms with Gasteiger partial charge in [-0.05, 0) is 55.8 Å². The van der Waals surface area contributed by atoms with Gasteiger partial charge in [0.05, 0.1) is 19.3 Å². The number of ether oxygens (including phenoxy) is 1. The number of nitrogens with one attached hydrogen (secondary N) is 1. The number of hydrogen-bond acceptors (Lipinski definition) is 5. The average Bonchev–Trinajstić information content (AvgIpc) is 2.81. The van der Waals surface area contributed by atoms with Gasteiger partial charge in [-0.3, -0.25) is 14.6 Å². The maximum Gasteiger partial charge on any atom is 0.238 e. The van der Waals surface area contributed by atoms with E-state index in [4.69, 9.17) is 4.74 Å². The van der Waals surface area contributed by atoms with Gasteiger partial charge in [-0.2, -0.15) is 0 Å². The first-order valence-corrected chi connectivity index (χ1v) is 11.4. The molecule has 6 nitrogen and oxygen atoms in total. The number of halogens is 1. The molecule has 0 aromatic heterocycles. The maximum atomic E-state index is 12.5. The Morgan fingerprint density at radius 1 is 0.875 bits per heavy atom. The Morgan fingerprint density at radius 3 is 2.25 bits per heavy atom. The van der Waals surface area contributed by atoms with Crippen LogP contribution in [-0.4, -0.2) is 68.6 Å². The minimum absolute atomic E-state index is 0. The zero-order chi connectivity index (χ0) is 21.5. The molecule has 2 aliphatic rings. The number of carbonyl (C=O) groups is 1. The van der Waals surface area contributed by atoms with Crippen LogP contribution in [-0.2, 0) is 11.3 Å². The van der Waals surface area contributed by atoms with Gasteiger partial charge >= 0.3 is 0 Å². The Bertz CT molecular complexity index is 847. The topological polar surface area (TPSA) is 48.1 Å². The van der Waals surface area contributed by atoms with Gasteiger partial charge < -0.3 is 15.0 Å². The average molecular weight is 459 g/mol. The molecular formula is C25H35ClN4O2. The van der Waals surface area contributed by atoms with Crippen molar-refractivity contribution in [3.05, 3.63) is 54.1 Å². The number of hydrogen-bond donors (Lipinski definition) is 1. The Labute approximate surface area is 197 Å². The van der Waals surface area contributed by atoms with E-state index in [2.05, 4.69) is 38.2 Å². The van der Waals surface area contributed by atoms with Crippen LogP contribution in [0.2, 0.25) is 0 Å². The lowest BCUT2D eigenvalue weighted by atomic mass is 10.1. The molecule has 0 unspecified atom stereocenters. The van der Waals surface area contributed by atoms with Crippen molar-refractivity contribution in [1.82, 2.24) is 9.80 Å². The largest absolute Gasteiger partial charge is 0.495 e. The van der Waals surface area contributed by atoms with E-state index in [-0.39, 0.29) is 18.3 Å². The van der Waals surface area contributed by atoms with Gasteiger partial charge in [-0.15, -0.1) is 12.4 Å². The molecule has 2 saturated heterocycles. The lowest BCUT2D eigenvalue weighted by molar-refractivity contribution is -0.117. The molecule has 2 aromatic rings. The molecule has 7 heteroatoms. The Morgan fingerprint density at radius 2 is 1.56 bits per heavy atom. The lowest BCUT2D eigenvalue weighted by Crippen LogP contribution is -2.48. The summed E-state index contributed by atoms with van der Waals surface area (Å²) in [5.74, 6) is 0.951. The number of para-hydroxylation sites is 2. The van der Waals surface area contributed by atoms with E-state index in [9.17, 15) is 4.79 Å². The molecule has 0 radical (unpaired) electrons. The van der Waals surface area contributed by atoms with Crippen LogP contribution < -0.4 is 15.0 Å². The highest BCUT2D eigenvalue weighted by atomic mass is 35.5. The molecule has 0 atom stereocenters. The quantitative estimate of drug-likeness (QED) is 0.682. The number of methoxy groups -OCH3 is 1. The van der Waals surface area contributed by atoms with Crippen LogP contribution in [0.5, 0.6) is 5.75 Å². The molecule has 1 N–H and O–H groups in total. The highest BCUT2D eigenvalue weighted by Gasteiger charge is 2.21. The van der Waals surface area contributed by atoms with Crippen molar-refractivity contribution in [1.29, 1.82) is 0 Å². The zero-order valence-electron chi connectivity index (χ0n) is 19.0. The Balaban J connectivity index is 0.00000289. The molecule has 0 bridgehead atoms. The summed E-state index contributed by atoms with van der Waals surface area (Å²) in [6.45, 7) is 7.32. The maximum absolute atomic E-state index is 12.5. The van der Waals surface area contributed by atoms with Gasteiger partial charge in [0.15, 0.2) is 0 Å². The van der Waals surface area contributed by atoms with Crippen LogP contribution in [0.25, 0.3) is 0 Å². The number of amides is 1. The number of carbonyl (C=O) groups excluding carboxylic acids is 1. The van der Waals surface area contributed by atoms with E-state index in [1.807, 2.05) is 30.3 Å². The van der Waals surface area contributed by atoms with Gasteiger partial charge in [0.2, 0.25) is 5.91 Å². The van der Waals surface area contributed by atoms with Gasteiger partial charge in [-0.25, -0.2) is 0 Å². The number of piperidine rings is 1. The number of likely N-dealkylation sites (tertiary alicyclic amines) is 1. The third-order valence-electron chi connectivity index (χ3n) is 6.26. The molecule has 32 heavy (non-hydrogen) atoms. The normalized spacial score (nSPS) is 17.5. The highest BCUT2D eigenvalue weighted by molar-refractivity contribution is 5.92. The number of piperazine rings is 1. The van der Waals surface area contributed by atoms with Crippen molar-refractivity contribution < 1.29 is 9.53 Å². The molecule has 0 aliphatic carbocycles. The van der Waals surface area contributed by atoms with Crippen molar-refractivity contribution in [3.8, 4) is 5.75 Å². The fourth-order valence-electron chi connectivity index (χ4n) is 4.51. The monoisotopic (exact) mass is 458 g/mol. The van der Waals surface area contributed by atoms with Gasteiger partial charge in [-0.1, -0.05) is 30.7 Å². The summed E-state index contributed by atoms with van der Waals surface area (Å²) in [4.78, 5) is 19.6. The van der Waals surface area contributed by atoms with E-state index in [0.717, 1.165) is 49.8 Å². The zero-order valence-corrected chi connectivity index (χ0v) is 19.8. The van der Waals surface area contributed by atoms with E-state index in [1.165, 1.54) is 37.9 Å². The van der Waals surface area contributed by atoms with E-state index in [0.29, 0.717) is 6.54 Å². The van der Waals surface area contributed by atoms with Crippen molar-refractivity contribution in [3.63, 3.8) is 0 Å². The minimum atomic E-state index is 0. The molecule has 2 heterocycles. The Kier molecular flexibility index (Phi) is 9.21. The number of anilines is 2. The third-order valence-corrected chi connectivity index (χ3v) is 6.26. The molecule has 2 aliphatic heterocycles. The first-order valence-electron chi connectivity index (χ1n) is 11.4. The molecule has 4 rings (SSSR count). The van der Waals surface area contributed by atoms with Gasteiger partial charge in [0.1, 0.15) is 5.75 Å². The van der Waals surface area contributed by atoms with Crippen LogP contribution in [0.4, 0.5) is 11.4 Å². The summed E-state index contributed by atoms with van der Waals surface area (Å²) < 4.78 is 5.49. The molecule has 2 fully saturated rings. The standard InChI is InChI=1S/C25H34N4O2.ClH/c1-31-24-8-4-3-7-23(24)29-17-15-28(16-18-29)20-25(30)26-22-11-9-21(10-12-22)19-27-13-5-2-6-14-27;/h3-4,7-12H,2,5-6,13-20H2,1H3,(H,26,30);1H. The number of nitrogens with zero attached hydrogens (tertiary/aromatic N) is 3. The van der Waals surface area contributed by atoms with Crippen molar-refractivity contribution in [2.24, 2.45) is 0 Å². The van der Waals surface area contributed by atoms with Crippen molar-refractivity contribution >= 4 is 29.7 Å². The second-order valence-electron chi connectivity index (χ2n) is 8.52. The lowest BCUT2D eigenvalue weighted by Gasteiger charge is -2.36. The van der Waals surface area contributed by atoms with Crippen LogP contribution >= 0.6 is 12.4 Å². The second-order valence-corrected chi connectivity index (χ2v) is 8.52. The van der Waals surface area contributed by atoms with Gasteiger partial charge in [0, 0.05) is 38.4 Å². The molecular weight excluding hydrogens is 424 g/mol. The summed E-state index contributed by atoms with van der Waals surface area (Å²) in [6, 6.07) is 16.4. The molecule has 174 valence electrons. The highest BCUT2D eigenvalue weighted by Crippen LogP contribution is 2.28. The van der Waals surface area contributed by atoms with Crippen LogP contribution in [0.1, 0.15) is 24.8 Å². The smallest absolute Gasteiger partial charge is 0.238 e. The van der Waals surface area contributed by atoms with E-state index in [1.54, 1.807) is 7.11 Å². The van der Waals surface area contributed by atoms with E-state index >= 15 is 0 Å². The summed E-state index contributed by atoms with van der Waals surface area (Å²) in [7, 11) is 1.71. The third kappa shape index (κ3) is 6.61. The molecule has 1 amide bonds. The SMILES string of the molecule is COc1ccccc1N1CCN(CC(=O)Nc2ccc(CN3CCCCC3)cc2)CC1.Cl. The van der Waals surface area contributed by atoms with Crippen LogP contribution in [0, 0.1) is 0 Å². The minimum Gasteiger partial charge on any atom is -0.495 e. The fraction of sp³-hybridized carbons (Fsp3) is 0.480. The fourth-order valence-corrected chi connectivity index (χ4v) is 4.51. The first-order chi connectivity index (χ1) is 15.2. The number of rotatable bonds is 7. The molecule has 0 saturated carbocycles. The van der Waals surface area contributed by atoms with Gasteiger partial charge in [0.25, 0.3) is 0 Å². The molecule has 0 spiro atoms. The number of benzene rings is 2. The second kappa shape index (κ2) is 12.1. The van der Waals surface area contributed by atoms with Crippen LogP contribution in [0.15, 0.2) is 48.5 Å². The van der Waals surface area contributed by atoms with Crippen molar-refractivity contribution in [2.75, 3.05) is 63.1 Å². The first kappa shape index (κ1) is 24.4. The Hall–Kier alpha value is -2.28. The summed E-state index contributed by atoms with van der Waals surface area (Å²) in [6.07, 6.45) is 3.97. The predicted octanol–water partition coefficient (Wildman–Crippen LogP) is 3.86. The summed E-state index contributed by atoms with van der Waals surface area (Å²) in [5.41, 5.74) is 3.31. The predicted molar refractivity (Wildman–Crippen MR) is 133 cm³/mol. The van der Waals surface area contributed by atoms with E-state index < -0.39 is 0 Å². The van der Waals surface area contributed by atoms with Crippen LogP contribution in [0.3, 0.4) is 0 Å². The summed E-state index contributed by atoms with van der Waals surface area (Å²) >= 11 is 0. The molecule has 2 aromatic carbocycles.